The molecule has 1 aromatic rings. The second-order valence-electron chi connectivity index (χ2n) is 4.67. The predicted octanol–water partition coefficient (Wildman–Crippen LogP) is 4.35. The van der Waals surface area contributed by atoms with Crippen LogP contribution in [-0.4, -0.2) is 9.55 Å². The molecule has 0 amide bonds. The first kappa shape index (κ1) is 13.8. The van der Waals surface area contributed by atoms with Gasteiger partial charge < -0.3 is 0 Å². The van der Waals surface area contributed by atoms with E-state index in [1.54, 1.807) is 0 Å². The molecular formula is C14H19ClN2Pd. The zero-order valence-electron chi connectivity index (χ0n) is 10.7. The van der Waals surface area contributed by atoms with E-state index in [0.29, 0.717) is 0 Å². The van der Waals surface area contributed by atoms with Crippen molar-refractivity contribution in [3.8, 4) is 0 Å². The van der Waals surface area contributed by atoms with Crippen LogP contribution in [0.25, 0.3) is 0 Å². The number of aromatic amines is 1. The first-order valence-corrected chi connectivity index (χ1v) is 9.72. The van der Waals surface area contributed by atoms with Gasteiger partial charge in [0.25, 0.3) is 0 Å². The normalized spacial score (nSPS) is 26.7. The van der Waals surface area contributed by atoms with Crippen molar-refractivity contribution >= 4 is 9.53 Å². The van der Waals surface area contributed by atoms with Gasteiger partial charge in [-0.25, -0.2) is 0 Å². The third-order valence-corrected chi connectivity index (χ3v) is 6.65. The molecule has 1 N–H and O–H groups in total. The molecule has 4 heteroatoms. The Balaban J connectivity index is 2.51. The molecule has 102 valence electrons. The van der Waals surface area contributed by atoms with Crippen LogP contribution in [0.5, 0.6) is 0 Å². The number of aromatic nitrogens is 2. The van der Waals surface area contributed by atoms with E-state index in [1.165, 1.54) is 5.57 Å². The Morgan fingerprint density at radius 1 is 1.67 bits per heavy atom. The van der Waals surface area contributed by atoms with Crippen LogP contribution in [0.1, 0.15) is 20.3 Å². The number of allylic oxidation sites excluding steroid dienone is 5. The summed E-state index contributed by atoms with van der Waals surface area (Å²) < 4.78 is 3.45. The van der Waals surface area contributed by atoms with Gasteiger partial charge in [0.05, 0.1) is 0 Å². The van der Waals surface area contributed by atoms with Gasteiger partial charge in [-0.3, -0.25) is 0 Å². The molecule has 0 saturated carbocycles. The molecule has 1 aliphatic carbocycles. The molecular weight excluding hydrogens is 338 g/mol. The van der Waals surface area contributed by atoms with Gasteiger partial charge in [-0.2, -0.15) is 0 Å². The van der Waals surface area contributed by atoms with Gasteiger partial charge in [-0.1, -0.05) is 0 Å². The van der Waals surface area contributed by atoms with Gasteiger partial charge in [-0.05, 0) is 0 Å². The summed E-state index contributed by atoms with van der Waals surface area (Å²) in [5.74, 6) is 0. The number of hydrogen-bond acceptors (Lipinski definition) is 0. The van der Waals surface area contributed by atoms with Crippen LogP contribution in [0.2, 0.25) is 4.89 Å². The van der Waals surface area contributed by atoms with Crippen LogP contribution < -0.4 is 0 Å². The van der Waals surface area contributed by atoms with Crippen molar-refractivity contribution in [2.24, 2.45) is 0 Å². The molecule has 0 saturated heterocycles. The van der Waals surface area contributed by atoms with Crippen molar-refractivity contribution in [1.29, 1.82) is 0 Å². The summed E-state index contributed by atoms with van der Waals surface area (Å²) in [6.07, 6.45) is 13.6. The van der Waals surface area contributed by atoms with E-state index >= 15 is 0 Å². The molecule has 1 aromatic heterocycles. The predicted molar refractivity (Wildman–Crippen MR) is 74.0 cm³/mol. The van der Waals surface area contributed by atoms with Gasteiger partial charge in [0.2, 0.25) is 0 Å². The first-order chi connectivity index (χ1) is 8.57. The van der Waals surface area contributed by atoms with Crippen molar-refractivity contribution in [3.05, 3.63) is 52.7 Å². The number of H-pyrrole nitrogens is 1. The van der Waals surface area contributed by atoms with Crippen molar-refractivity contribution in [2.45, 2.75) is 30.7 Å². The Kier molecular flexibility index (Phi) is 4.27. The summed E-state index contributed by atoms with van der Waals surface area (Å²) in [6.45, 7) is 8.20. The third kappa shape index (κ3) is 2.69. The molecule has 2 rings (SSSR count). The second kappa shape index (κ2) is 5.57. The molecule has 0 radical (unpaired) electrons. The summed E-state index contributed by atoms with van der Waals surface area (Å²) in [4.78, 5) is 4.19. The molecule has 0 aromatic carbocycles. The van der Waals surface area contributed by atoms with E-state index in [4.69, 9.17) is 9.53 Å². The van der Waals surface area contributed by atoms with Gasteiger partial charge in [0.15, 0.2) is 0 Å². The van der Waals surface area contributed by atoms with E-state index in [9.17, 15) is 0 Å². The van der Waals surface area contributed by atoms with Crippen LogP contribution in [0.3, 0.4) is 0 Å². The van der Waals surface area contributed by atoms with Crippen LogP contribution >= 0.6 is 9.53 Å². The fourth-order valence-electron chi connectivity index (χ4n) is 2.23. The number of imidazole rings is 1. The molecule has 18 heavy (non-hydrogen) atoms. The molecule has 1 unspecified atom stereocenters. The van der Waals surface area contributed by atoms with E-state index in [0.717, 1.165) is 15.2 Å². The van der Waals surface area contributed by atoms with Crippen LogP contribution in [0, 0.1) is 3.89 Å². The van der Waals surface area contributed by atoms with Crippen LogP contribution in [-0.2, 0) is 20.8 Å². The SMILES string of the molecule is C=C[CH2][Pd]([Cl])=[c]1[nH]ccn1C1(C)C=CC=C(C)C1. The number of halogens is 1. The fraction of sp³-hybridized carbons (Fsp3) is 0.357. The minimum atomic E-state index is -1.25. The van der Waals surface area contributed by atoms with Crippen LogP contribution in [0.15, 0.2) is 48.8 Å². The number of nitrogens with one attached hydrogen (secondary N) is 1. The average molecular weight is 357 g/mol. The monoisotopic (exact) mass is 356 g/mol. The molecule has 0 aliphatic heterocycles. The molecule has 1 atom stereocenters. The van der Waals surface area contributed by atoms with E-state index in [-0.39, 0.29) is 5.54 Å². The standard InChI is InChI=1S/C11H14N2.C3H5.ClH.Pd/c1-10-4-3-5-11(2,8-10)13-7-6-12-9-13;1-3-2;;/h3-7,12H,8H2,1-2H3;3H,1-2H2;1H;/q;;;+1/p-1. The van der Waals surface area contributed by atoms with E-state index in [1.807, 2.05) is 12.3 Å². The number of nitrogens with zero attached hydrogens (tertiary/aromatic N) is 1. The van der Waals surface area contributed by atoms with Gasteiger partial charge in [0, 0.05) is 0 Å². The zero-order chi connectivity index (χ0) is 13.2. The summed E-state index contributed by atoms with van der Waals surface area (Å²) >= 11 is -1.25. The maximum atomic E-state index is 6.53. The minimum absolute atomic E-state index is 0.0100. The molecule has 1 heterocycles. The Bertz CT molecular complexity index is 577. The quantitative estimate of drug-likeness (QED) is 0.614. The molecule has 0 fully saturated rings. The van der Waals surface area contributed by atoms with Gasteiger partial charge >= 0.3 is 118 Å². The third-order valence-electron chi connectivity index (χ3n) is 3.00. The molecule has 0 bridgehead atoms. The Morgan fingerprint density at radius 2 is 2.44 bits per heavy atom. The van der Waals surface area contributed by atoms with Crippen molar-refractivity contribution in [2.75, 3.05) is 0 Å². The molecule has 0 spiro atoms. The van der Waals surface area contributed by atoms with E-state index < -0.39 is 15.3 Å². The number of rotatable bonds is 3. The van der Waals surface area contributed by atoms with E-state index in [2.05, 4.69) is 54.4 Å². The summed E-state index contributed by atoms with van der Waals surface area (Å²) in [5, 5.41) is 0. The first-order valence-electron chi connectivity index (χ1n) is 5.85. The number of hydrogen-bond donors (Lipinski definition) is 1. The Hall–Kier alpha value is -0.618. The summed E-state index contributed by atoms with van der Waals surface area (Å²) in [5.41, 5.74) is 1.39. The second-order valence-corrected chi connectivity index (χ2v) is 9.01. The summed E-state index contributed by atoms with van der Waals surface area (Å²) in [7, 11) is 6.53. The Labute approximate surface area is 117 Å². The van der Waals surface area contributed by atoms with Crippen LogP contribution in [0.4, 0.5) is 0 Å². The van der Waals surface area contributed by atoms with Crippen molar-refractivity contribution in [1.82, 2.24) is 9.55 Å². The van der Waals surface area contributed by atoms with Gasteiger partial charge in [0.1, 0.15) is 0 Å². The van der Waals surface area contributed by atoms with Crippen molar-refractivity contribution < 1.29 is 15.3 Å². The maximum absolute atomic E-state index is 6.53. The molecule has 2 nitrogen and oxygen atoms in total. The fourth-order valence-corrected chi connectivity index (χ4v) is 5.17. The van der Waals surface area contributed by atoms with Gasteiger partial charge in [-0.15, -0.1) is 0 Å². The average Bonchev–Trinajstić information content (AvgIpc) is 2.78. The van der Waals surface area contributed by atoms with Crippen molar-refractivity contribution in [3.63, 3.8) is 0 Å². The topological polar surface area (TPSA) is 20.7 Å². The molecule has 1 aliphatic rings. The zero-order valence-corrected chi connectivity index (χ0v) is 13.0. The Morgan fingerprint density at radius 3 is 3.11 bits per heavy atom. The summed E-state index contributed by atoms with van der Waals surface area (Å²) in [6, 6.07) is 0.